The molecular formula is C23H22N6O4. The third kappa shape index (κ3) is 3.96. The van der Waals surface area contributed by atoms with Crippen LogP contribution in [0.5, 0.6) is 0 Å². The molecular weight excluding hydrogens is 424 g/mol. The SMILES string of the molecule is CCNC(=O)c1cc2nc(-n3cc(-c4cccc(C)c4)cn3)nc(N3CCOCC3=O)c2o1. The second-order valence-electron chi connectivity index (χ2n) is 7.67. The van der Waals surface area contributed by atoms with Crippen molar-refractivity contribution in [3.8, 4) is 17.1 Å². The molecule has 1 N–H and O–H groups in total. The largest absolute Gasteiger partial charge is 0.445 e. The molecule has 4 heterocycles. The molecule has 0 saturated carbocycles. The number of nitrogens with one attached hydrogen (secondary N) is 1. The lowest BCUT2D eigenvalue weighted by Crippen LogP contribution is -2.42. The topological polar surface area (TPSA) is 115 Å². The Hall–Kier alpha value is -4.05. The van der Waals surface area contributed by atoms with Gasteiger partial charge >= 0.3 is 0 Å². The average Bonchev–Trinajstić information content (AvgIpc) is 3.47. The van der Waals surface area contributed by atoms with Crippen molar-refractivity contribution in [3.63, 3.8) is 0 Å². The lowest BCUT2D eigenvalue weighted by molar-refractivity contribution is -0.125. The zero-order chi connectivity index (χ0) is 22.9. The third-order valence-corrected chi connectivity index (χ3v) is 5.28. The summed E-state index contributed by atoms with van der Waals surface area (Å²) in [5, 5.41) is 7.13. The van der Waals surface area contributed by atoms with Crippen LogP contribution in [0.15, 0.2) is 47.1 Å². The van der Waals surface area contributed by atoms with Gasteiger partial charge in [0.1, 0.15) is 12.1 Å². The van der Waals surface area contributed by atoms with Crippen LogP contribution in [-0.4, -0.2) is 57.9 Å². The second-order valence-corrected chi connectivity index (χ2v) is 7.67. The van der Waals surface area contributed by atoms with Gasteiger partial charge in [-0.2, -0.15) is 10.1 Å². The van der Waals surface area contributed by atoms with Gasteiger partial charge in [-0.1, -0.05) is 29.8 Å². The van der Waals surface area contributed by atoms with E-state index in [4.69, 9.17) is 9.15 Å². The maximum atomic E-state index is 12.5. The number of hydrogen-bond donors (Lipinski definition) is 1. The number of nitrogens with zero attached hydrogens (tertiary/aromatic N) is 5. The smallest absolute Gasteiger partial charge is 0.287 e. The van der Waals surface area contributed by atoms with E-state index in [1.165, 1.54) is 4.90 Å². The molecule has 4 aromatic rings. The van der Waals surface area contributed by atoms with Gasteiger partial charge in [-0.3, -0.25) is 14.5 Å². The van der Waals surface area contributed by atoms with Crippen molar-refractivity contribution in [2.45, 2.75) is 13.8 Å². The molecule has 5 rings (SSSR count). The highest BCUT2D eigenvalue weighted by Gasteiger charge is 2.28. The third-order valence-electron chi connectivity index (χ3n) is 5.28. The summed E-state index contributed by atoms with van der Waals surface area (Å²) >= 11 is 0. The zero-order valence-electron chi connectivity index (χ0n) is 18.2. The first-order valence-electron chi connectivity index (χ1n) is 10.6. The molecule has 0 aliphatic carbocycles. The molecule has 1 aliphatic rings. The summed E-state index contributed by atoms with van der Waals surface area (Å²) in [6, 6.07) is 9.64. The van der Waals surface area contributed by atoms with Crippen LogP contribution in [0.3, 0.4) is 0 Å². The normalized spacial score (nSPS) is 14.1. The molecule has 0 bridgehead atoms. The predicted octanol–water partition coefficient (Wildman–Crippen LogP) is 2.50. The van der Waals surface area contributed by atoms with E-state index < -0.39 is 0 Å². The molecule has 0 radical (unpaired) electrons. The minimum Gasteiger partial charge on any atom is -0.445 e. The molecule has 10 heteroatoms. The van der Waals surface area contributed by atoms with Gasteiger partial charge in [-0.05, 0) is 19.4 Å². The number of morpholine rings is 1. The number of fused-ring (bicyclic) bond motifs is 1. The second kappa shape index (κ2) is 8.47. The lowest BCUT2D eigenvalue weighted by atomic mass is 10.1. The van der Waals surface area contributed by atoms with Crippen LogP contribution >= 0.6 is 0 Å². The number of carbonyl (C=O) groups is 2. The van der Waals surface area contributed by atoms with Crippen LogP contribution in [0.25, 0.3) is 28.2 Å². The van der Waals surface area contributed by atoms with Crippen LogP contribution in [-0.2, 0) is 9.53 Å². The number of hydrogen-bond acceptors (Lipinski definition) is 7. The number of aromatic nitrogens is 4. The van der Waals surface area contributed by atoms with Gasteiger partial charge in [0, 0.05) is 24.4 Å². The van der Waals surface area contributed by atoms with Crippen LogP contribution in [0.2, 0.25) is 0 Å². The number of rotatable bonds is 5. The fraction of sp³-hybridized carbons (Fsp3) is 0.261. The van der Waals surface area contributed by atoms with Gasteiger partial charge in [-0.25, -0.2) is 9.67 Å². The summed E-state index contributed by atoms with van der Waals surface area (Å²) < 4.78 is 12.6. The van der Waals surface area contributed by atoms with Gasteiger partial charge in [0.25, 0.3) is 17.8 Å². The van der Waals surface area contributed by atoms with Crippen molar-refractivity contribution >= 4 is 28.7 Å². The Morgan fingerprint density at radius 2 is 2.09 bits per heavy atom. The molecule has 168 valence electrons. The summed E-state index contributed by atoms with van der Waals surface area (Å²) in [5.41, 5.74) is 3.74. The van der Waals surface area contributed by atoms with Crippen molar-refractivity contribution in [2.75, 3.05) is 31.2 Å². The average molecular weight is 446 g/mol. The van der Waals surface area contributed by atoms with E-state index in [-0.39, 0.29) is 41.5 Å². The molecule has 1 aliphatic heterocycles. The van der Waals surface area contributed by atoms with E-state index in [1.54, 1.807) is 16.9 Å². The highest BCUT2D eigenvalue weighted by Crippen LogP contribution is 2.29. The lowest BCUT2D eigenvalue weighted by Gasteiger charge is -2.25. The summed E-state index contributed by atoms with van der Waals surface area (Å²) in [6.07, 6.45) is 3.56. The fourth-order valence-corrected chi connectivity index (χ4v) is 3.70. The molecule has 1 saturated heterocycles. The van der Waals surface area contributed by atoms with Crippen molar-refractivity contribution in [1.29, 1.82) is 0 Å². The number of amides is 2. The summed E-state index contributed by atoms with van der Waals surface area (Å²) in [6.45, 7) is 4.94. The quantitative estimate of drug-likeness (QED) is 0.501. The van der Waals surface area contributed by atoms with Crippen LogP contribution < -0.4 is 10.2 Å². The van der Waals surface area contributed by atoms with Crippen molar-refractivity contribution in [1.82, 2.24) is 25.1 Å². The van der Waals surface area contributed by atoms with E-state index >= 15 is 0 Å². The Morgan fingerprint density at radius 1 is 1.21 bits per heavy atom. The minimum atomic E-state index is -0.364. The molecule has 1 aromatic carbocycles. The maximum absolute atomic E-state index is 12.5. The molecule has 2 amide bonds. The van der Waals surface area contributed by atoms with Gasteiger partial charge in [0.15, 0.2) is 17.2 Å². The minimum absolute atomic E-state index is 0.0516. The van der Waals surface area contributed by atoms with Crippen molar-refractivity contribution in [2.24, 2.45) is 0 Å². The van der Waals surface area contributed by atoms with Crippen molar-refractivity contribution < 1.29 is 18.7 Å². The number of carbonyl (C=O) groups excluding carboxylic acids is 2. The maximum Gasteiger partial charge on any atom is 0.287 e. The number of anilines is 1. The molecule has 33 heavy (non-hydrogen) atoms. The Kier molecular flexibility index (Phi) is 5.35. The van der Waals surface area contributed by atoms with E-state index in [2.05, 4.69) is 26.4 Å². The van der Waals surface area contributed by atoms with Crippen LogP contribution in [0, 0.1) is 6.92 Å². The summed E-state index contributed by atoms with van der Waals surface area (Å²) in [4.78, 5) is 35.5. The number of furan rings is 1. The number of benzene rings is 1. The molecule has 0 unspecified atom stereocenters. The Labute approximate surface area is 189 Å². The Balaban J connectivity index is 1.62. The van der Waals surface area contributed by atoms with E-state index in [0.717, 1.165) is 16.7 Å². The summed E-state index contributed by atoms with van der Waals surface area (Å²) in [5.74, 6) is 0.0350. The van der Waals surface area contributed by atoms with Gasteiger partial charge in [-0.15, -0.1) is 0 Å². The van der Waals surface area contributed by atoms with Gasteiger partial charge in [0.05, 0.1) is 19.3 Å². The number of aryl methyl sites for hydroxylation is 1. The van der Waals surface area contributed by atoms with Gasteiger partial charge < -0.3 is 14.5 Å². The van der Waals surface area contributed by atoms with Crippen LogP contribution in [0.1, 0.15) is 23.0 Å². The zero-order valence-corrected chi connectivity index (χ0v) is 18.2. The monoisotopic (exact) mass is 446 g/mol. The molecule has 0 atom stereocenters. The first-order chi connectivity index (χ1) is 16.0. The molecule has 1 fully saturated rings. The molecule has 0 spiro atoms. The first kappa shape index (κ1) is 20.8. The van der Waals surface area contributed by atoms with E-state index in [1.807, 2.05) is 38.2 Å². The van der Waals surface area contributed by atoms with Crippen molar-refractivity contribution in [3.05, 3.63) is 54.0 Å². The Morgan fingerprint density at radius 3 is 2.88 bits per heavy atom. The highest BCUT2D eigenvalue weighted by molar-refractivity contribution is 6.02. The highest BCUT2D eigenvalue weighted by atomic mass is 16.5. The molecule has 3 aromatic heterocycles. The fourth-order valence-electron chi connectivity index (χ4n) is 3.70. The standard InChI is InChI=1S/C23H22N6O4/c1-3-24-22(31)18-10-17-20(33-18)21(28-7-8-32-13-19(28)30)27-23(26-17)29-12-16(11-25-29)15-6-4-5-14(2)9-15/h4-6,9-12H,3,7-8,13H2,1-2H3,(H,24,31). The van der Waals surface area contributed by atoms with E-state index in [9.17, 15) is 9.59 Å². The van der Waals surface area contributed by atoms with E-state index in [0.29, 0.717) is 25.2 Å². The molecule has 10 nitrogen and oxygen atoms in total. The van der Waals surface area contributed by atoms with Crippen LogP contribution in [0.4, 0.5) is 5.82 Å². The number of ether oxygens (including phenoxy) is 1. The summed E-state index contributed by atoms with van der Waals surface area (Å²) in [7, 11) is 0. The first-order valence-corrected chi connectivity index (χ1v) is 10.6. The van der Waals surface area contributed by atoms with Gasteiger partial charge in [0.2, 0.25) is 0 Å². The predicted molar refractivity (Wildman–Crippen MR) is 120 cm³/mol. The Bertz CT molecular complexity index is 1360.